The molecule has 0 spiro atoms. The quantitative estimate of drug-likeness (QED) is 0.796. The van der Waals surface area contributed by atoms with Crippen molar-refractivity contribution >= 4 is 58.0 Å². The summed E-state index contributed by atoms with van der Waals surface area (Å²) >= 11 is 16.6. The van der Waals surface area contributed by atoms with Crippen molar-refractivity contribution in [3.8, 4) is 5.75 Å². The van der Waals surface area contributed by atoms with Crippen molar-refractivity contribution in [2.75, 3.05) is 16.8 Å². The lowest BCUT2D eigenvalue weighted by atomic mass is 10.1. The molecule has 0 saturated carbocycles. The molecule has 2 aromatic carbocycles. The van der Waals surface area contributed by atoms with Gasteiger partial charge in [-0.1, -0.05) is 65.1 Å². The monoisotopic (exact) mass is 398 g/mol. The Balaban J connectivity index is 1.84. The molecule has 25 heavy (non-hydrogen) atoms. The Morgan fingerprint density at radius 3 is 2.56 bits per heavy atom. The van der Waals surface area contributed by atoms with Crippen LogP contribution in [-0.4, -0.2) is 22.2 Å². The lowest BCUT2D eigenvalue weighted by Crippen LogP contribution is -2.38. The van der Waals surface area contributed by atoms with E-state index in [1.165, 1.54) is 0 Å². The van der Waals surface area contributed by atoms with Crippen molar-refractivity contribution in [3.63, 3.8) is 0 Å². The van der Waals surface area contributed by atoms with E-state index in [1.807, 2.05) is 30.3 Å². The second-order valence-corrected chi connectivity index (χ2v) is 7.67. The lowest BCUT2D eigenvalue weighted by molar-refractivity contribution is -0.121. The average molecular weight is 400 g/mol. The normalized spacial score (nSPS) is 13.9. The van der Waals surface area contributed by atoms with Gasteiger partial charge in [0, 0.05) is 11.8 Å². The second kappa shape index (κ2) is 7.12. The van der Waals surface area contributed by atoms with E-state index in [0.29, 0.717) is 23.7 Å². The van der Waals surface area contributed by atoms with E-state index < -0.39 is 9.70 Å². The molecule has 1 aliphatic rings. The van der Waals surface area contributed by atoms with E-state index in [4.69, 9.17) is 39.5 Å². The van der Waals surface area contributed by atoms with Gasteiger partial charge in [0.25, 0.3) is 15.6 Å². The van der Waals surface area contributed by atoms with Gasteiger partial charge < -0.3 is 15.0 Å². The Labute approximate surface area is 159 Å². The van der Waals surface area contributed by atoms with Crippen molar-refractivity contribution < 1.29 is 14.3 Å². The van der Waals surface area contributed by atoms with Crippen LogP contribution in [0.15, 0.2) is 48.5 Å². The first-order chi connectivity index (χ1) is 11.8. The molecule has 0 radical (unpaired) electrons. The van der Waals surface area contributed by atoms with Gasteiger partial charge in [0.15, 0.2) is 6.61 Å². The van der Waals surface area contributed by atoms with Crippen LogP contribution in [0.1, 0.15) is 5.56 Å². The van der Waals surface area contributed by atoms with Crippen molar-refractivity contribution in [1.82, 2.24) is 0 Å². The summed E-state index contributed by atoms with van der Waals surface area (Å²) in [5, 5.41) is 2.49. The third kappa shape index (κ3) is 4.18. The minimum Gasteiger partial charge on any atom is -0.481 e. The zero-order valence-corrected chi connectivity index (χ0v) is 15.1. The van der Waals surface area contributed by atoms with Gasteiger partial charge in [0.2, 0.25) is 0 Å². The third-order valence-corrected chi connectivity index (χ3v) is 4.12. The fourth-order valence-electron chi connectivity index (χ4n) is 2.42. The third-order valence-electron chi connectivity index (χ3n) is 3.60. The van der Waals surface area contributed by atoms with Crippen LogP contribution >= 0.6 is 34.8 Å². The first kappa shape index (κ1) is 17.9. The molecule has 0 aliphatic carbocycles. The molecule has 0 fully saturated rings. The lowest BCUT2D eigenvalue weighted by Gasteiger charge is -2.30. The number of halogens is 3. The maximum atomic E-state index is 12.2. The Morgan fingerprint density at radius 2 is 1.88 bits per heavy atom. The SMILES string of the molecule is O=C1COc2cc(NC(=O)C(Cl)(Cl)Cl)ccc2N1Cc1ccccc1. The van der Waals surface area contributed by atoms with Gasteiger partial charge >= 0.3 is 0 Å². The van der Waals surface area contributed by atoms with Gasteiger partial charge in [-0.25, -0.2) is 0 Å². The minimum absolute atomic E-state index is 0.0817. The Bertz CT molecular complexity index is 807. The molecule has 3 rings (SSSR count). The molecule has 0 atom stereocenters. The number of fused-ring (bicyclic) bond motifs is 1. The minimum atomic E-state index is -2.06. The molecule has 0 saturated heterocycles. The molecule has 0 bridgehead atoms. The zero-order chi connectivity index (χ0) is 18.0. The van der Waals surface area contributed by atoms with E-state index in [-0.39, 0.29) is 12.5 Å². The number of carbonyl (C=O) groups excluding carboxylic acids is 2. The number of benzene rings is 2. The van der Waals surface area contributed by atoms with Gasteiger partial charge in [-0.3, -0.25) is 9.59 Å². The Hall–Kier alpha value is -1.95. The van der Waals surface area contributed by atoms with E-state index in [0.717, 1.165) is 5.56 Å². The molecule has 1 N–H and O–H groups in total. The van der Waals surface area contributed by atoms with Gasteiger partial charge in [-0.05, 0) is 17.7 Å². The van der Waals surface area contributed by atoms with E-state index >= 15 is 0 Å². The largest absolute Gasteiger partial charge is 0.481 e. The number of nitrogens with one attached hydrogen (secondary N) is 1. The van der Waals surface area contributed by atoms with E-state index in [9.17, 15) is 9.59 Å². The van der Waals surface area contributed by atoms with Crippen LogP contribution in [0, 0.1) is 0 Å². The number of ether oxygens (including phenoxy) is 1. The fourth-order valence-corrected chi connectivity index (χ4v) is 2.57. The summed E-state index contributed by atoms with van der Waals surface area (Å²) in [5.74, 6) is -0.447. The highest BCUT2D eigenvalue weighted by molar-refractivity contribution is 6.76. The van der Waals surface area contributed by atoms with Crippen LogP contribution < -0.4 is 15.0 Å². The number of amides is 2. The van der Waals surface area contributed by atoms with E-state index in [2.05, 4.69) is 5.32 Å². The molecule has 1 aliphatic heterocycles. The van der Waals surface area contributed by atoms with Crippen LogP contribution in [0.25, 0.3) is 0 Å². The molecule has 2 aromatic rings. The summed E-state index contributed by atoms with van der Waals surface area (Å²) in [5.41, 5.74) is 2.02. The molecule has 8 heteroatoms. The van der Waals surface area contributed by atoms with Gasteiger partial charge in [0.05, 0.1) is 12.2 Å². The Morgan fingerprint density at radius 1 is 1.16 bits per heavy atom. The van der Waals surface area contributed by atoms with Crippen molar-refractivity contribution in [2.45, 2.75) is 10.3 Å². The first-order valence-corrected chi connectivity index (χ1v) is 8.47. The standard InChI is InChI=1S/C17H13Cl3N2O3/c18-17(19,20)16(24)21-12-6-7-13-14(8-12)25-10-15(23)22(13)9-11-4-2-1-3-5-11/h1-8H,9-10H2,(H,21,24). The predicted octanol–water partition coefficient (Wildman–Crippen LogP) is 3.92. The molecular formula is C17H13Cl3N2O3. The summed E-state index contributed by atoms with van der Waals surface area (Å²) in [6.45, 7) is 0.345. The highest BCUT2D eigenvalue weighted by Gasteiger charge is 2.31. The van der Waals surface area contributed by atoms with Gasteiger partial charge in [0.1, 0.15) is 5.75 Å². The first-order valence-electron chi connectivity index (χ1n) is 7.34. The zero-order valence-electron chi connectivity index (χ0n) is 12.8. The Kier molecular flexibility index (Phi) is 5.08. The predicted molar refractivity (Wildman–Crippen MR) is 98.5 cm³/mol. The maximum Gasteiger partial charge on any atom is 0.276 e. The molecule has 0 aromatic heterocycles. The molecule has 5 nitrogen and oxygen atoms in total. The number of carbonyl (C=O) groups is 2. The van der Waals surface area contributed by atoms with Crippen LogP contribution in [0.4, 0.5) is 11.4 Å². The summed E-state index contributed by atoms with van der Waals surface area (Å²) in [6, 6.07) is 14.5. The molecule has 2 amide bonds. The summed E-state index contributed by atoms with van der Waals surface area (Å²) in [4.78, 5) is 25.6. The highest BCUT2D eigenvalue weighted by Crippen LogP contribution is 2.36. The number of rotatable bonds is 3. The van der Waals surface area contributed by atoms with Crippen LogP contribution in [-0.2, 0) is 16.1 Å². The second-order valence-electron chi connectivity index (χ2n) is 5.39. The smallest absolute Gasteiger partial charge is 0.276 e. The fraction of sp³-hybridized carbons (Fsp3) is 0.176. The van der Waals surface area contributed by atoms with Crippen molar-refractivity contribution in [1.29, 1.82) is 0 Å². The van der Waals surface area contributed by atoms with E-state index in [1.54, 1.807) is 23.1 Å². The number of anilines is 2. The van der Waals surface area contributed by atoms with Gasteiger partial charge in [-0.15, -0.1) is 0 Å². The van der Waals surface area contributed by atoms with Crippen molar-refractivity contribution in [2.24, 2.45) is 0 Å². The maximum absolute atomic E-state index is 12.2. The topological polar surface area (TPSA) is 58.6 Å². The highest BCUT2D eigenvalue weighted by atomic mass is 35.6. The molecule has 0 unspecified atom stereocenters. The number of nitrogens with zero attached hydrogens (tertiary/aromatic N) is 1. The molecule has 130 valence electrons. The van der Waals surface area contributed by atoms with Crippen LogP contribution in [0.2, 0.25) is 0 Å². The van der Waals surface area contributed by atoms with Crippen LogP contribution in [0.5, 0.6) is 5.75 Å². The number of hydrogen-bond acceptors (Lipinski definition) is 3. The van der Waals surface area contributed by atoms with Gasteiger partial charge in [-0.2, -0.15) is 0 Å². The summed E-state index contributed by atoms with van der Waals surface area (Å²) in [7, 11) is 0. The summed E-state index contributed by atoms with van der Waals surface area (Å²) < 4.78 is 3.41. The number of alkyl halides is 3. The van der Waals surface area contributed by atoms with Crippen LogP contribution in [0.3, 0.4) is 0 Å². The molecular weight excluding hydrogens is 387 g/mol. The average Bonchev–Trinajstić information content (AvgIpc) is 2.57. The summed E-state index contributed by atoms with van der Waals surface area (Å²) in [6.07, 6.45) is 0. The van der Waals surface area contributed by atoms with Crippen molar-refractivity contribution in [3.05, 3.63) is 54.1 Å². The number of hydrogen-bond donors (Lipinski definition) is 1. The molecule has 1 heterocycles.